The lowest BCUT2D eigenvalue weighted by atomic mass is 10.3. The number of hydrogen-bond acceptors (Lipinski definition) is 5. The molecule has 3 rings (SSSR count). The van der Waals surface area contributed by atoms with Gasteiger partial charge >= 0.3 is 0 Å². The zero-order valence-corrected chi connectivity index (χ0v) is 11.8. The number of nitrogens with zero attached hydrogens (tertiary/aromatic N) is 3. The first-order valence-corrected chi connectivity index (χ1v) is 7.24. The molecule has 2 heterocycles. The minimum Gasteiger partial charge on any atom is -0.381 e. The fourth-order valence-corrected chi connectivity index (χ4v) is 2.70. The smallest absolute Gasteiger partial charge is 0.169 e. The first-order valence-electron chi connectivity index (χ1n) is 7.24. The Balaban J connectivity index is 1.71. The minimum absolute atomic E-state index is 0.470. The van der Waals surface area contributed by atoms with Gasteiger partial charge in [0.15, 0.2) is 11.6 Å². The standard InChI is InChI=1S/C15H21N5/c1-11(20-8-4-5-9-20)10-17-15-14(16)18-12-6-2-3-7-13(12)19-15/h2-3,6-7,11H,4-5,8-10H2,1H3,(H2,16,18)(H,17,19). The molecule has 20 heavy (non-hydrogen) atoms. The van der Waals surface area contributed by atoms with Gasteiger partial charge < -0.3 is 11.1 Å². The zero-order valence-electron chi connectivity index (χ0n) is 11.8. The number of anilines is 2. The molecule has 0 radical (unpaired) electrons. The fourth-order valence-electron chi connectivity index (χ4n) is 2.70. The summed E-state index contributed by atoms with van der Waals surface area (Å²) in [5, 5.41) is 3.34. The summed E-state index contributed by atoms with van der Waals surface area (Å²) in [4.78, 5) is 11.4. The van der Waals surface area contributed by atoms with Crippen LogP contribution in [-0.4, -0.2) is 40.5 Å². The maximum atomic E-state index is 5.98. The summed E-state index contributed by atoms with van der Waals surface area (Å²) in [7, 11) is 0. The van der Waals surface area contributed by atoms with Crippen molar-refractivity contribution >= 4 is 22.7 Å². The molecule has 1 aromatic carbocycles. The Hall–Kier alpha value is -1.88. The summed E-state index contributed by atoms with van der Waals surface area (Å²) in [5.41, 5.74) is 7.69. The molecule has 0 bridgehead atoms. The first-order chi connectivity index (χ1) is 9.74. The van der Waals surface area contributed by atoms with Crippen molar-refractivity contribution in [3.8, 4) is 0 Å². The second kappa shape index (κ2) is 5.63. The van der Waals surface area contributed by atoms with Gasteiger partial charge in [0.1, 0.15) is 0 Å². The second-order valence-corrected chi connectivity index (χ2v) is 5.42. The minimum atomic E-state index is 0.470. The lowest BCUT2D eigenvalue weighted by molar-refractivity contribution is 0.269. The lowest BCUT2D eigenvalue weighted by Gasteiger charge is -2.24. The third-order valence-corrected chi connectivity index (χ3v) is 3.93. The molecule has 0 amide bonds. The molecule has 5 heteroatoms. The van der Waals surface area contributed by atoms with Gasteiger partial charge in [-0.05, 0) is 45.0 Å². The molecular weight excluding hydrogens is 250 g/mol. The van der Waals surface area contributed by atoms with E-state index in [2.05, 4.69) is 27.1 Å². The molecule has 2 aromatic rings. The van der Waals surface area contributed by atoms with E-state index in [4.69, 9.17) is 5.73 Å². The van der Waals surface area contributed by atoms with Gasteiger partial charge in [0.05, 0.1) is 11.0 Å². The predicted molar refractivity (Wildman–Crippen MR) is 82.7 cm³/mol. The van der Waals surface area contributed by atoms with Crippen molar-refractivity contribution in [2.24, 2.45) is 0 Å². The van der Waals surface area contributed by atoms with Crippen LogP contribution in [0, 0.1) is 0 Å². The first kappa shape index (κ1) is 13.1. The number of likely N-dealkylation sites (tertiary alicyclic amines) is 1. The van der Waals surface area contributed by atoms with Crippen LogP contribution in [0.15, 0.2) is 24.3 Å². The number of aromatic nitrogens is 2. The Bertz CT molecular complexity index is 592. The number of benzene rings is 1. The largest absolute Gasteiger partial charge is 0.381 e. The Morgan fingerprint density at radius 1 is 1.20 bits per heavy atom. The van der Waals surface area contributed by atoms with Crippen LogP contribution in [0.3, 0.4) is 0 Å². The number of rotatable bonds is 4. The molecule has 1 aliphatic rings. The summed E-state index contributed by atoms with van der Waals surface area (Å²) >= 11 is 0. The molecule has 1 fully saturated rings. The third-order valence-electron chi connectivity index (χ3n) is 3.93. The molecule has 3 N–H and O–H groups in total. The van der Waals surface area contributed by atoms with E-state index in [0.29, 0.717) is 17.7 Å². The lowest BCUT2D eigenvalue weighted by Crippen LogP contribution is -2.35. The Morgan fingerprint density at radius 2 is 1.85 bits per heavy atom. The molecule has 0 saturated carbocycles. The van der Waals surface area contributed by atoms with Gasteiger partial charge in [0, 0.05) is 12.6 Å². The van der Waals surface area contributed by atoms with Gasteiger partial charge in [-0.15, -0.1) is 0 Å². The number of nitrogens with two attached hydrogens (primary N) is 1. The van der Waals surface area contributed by atoms with E-state index in [1.54, 1.807) is 0 Å². The van der Waals surface area contributed by atoms with E-state index in [9.17, 15) is 0 Å². The number of nitrogens with one attached hydrogen (secondary N) is 1. The molecule has 0 aliphatic carbocycles. The van der Waals surface area contributed by atoms with Crippen LogP contribution in [-0.2, 0) is 0 Å². The summed E-state index contributed by atoms with van der Waals surface area (Å²) in [6.45, 7) is 5.48. The van der Waals surface area contributed by atoms with Crippen LogP contribution >= 0.6 is 0 Å². The highest BCUT2D eigenvalue weighted by Crippen LogP contribution is 2.19. The van der Waals surface area contributed by atoms with Gasteiger partial charge in [-0.25, -0.2) is 9.97 Å². The molecule has 106 valence electrons. The van der Waals surface area contributed by atoms with Gasteiger partial charge in [-0.3, -0.25) is 4.90 Å². The van der Waals surface area contributed by atoms with Crippen molar-refractivity contribution in [1.29, 1.82) is 0 Å². The maximum absolute atomic E-state index is 5.98. The van der Waals surface area contributed by atoms with Crippen LogP contribution in [0.25, 0.3) is 11.0 Å². The van der Waals surface area contributed by atoms with Crippen LogP contribution in [0.4, 0.5) is 11.6 Å². The van der Waals surface area contributed by atoms with Gasteiger partial charge in [-0.1, -0.05) is 12.1 Å². The van der Waals surface area contributed by atoms with Crippen LogP contribution in [0.2, 0.25) is 0 Å². The van der Waals surface area contributed by atoms with Crippen LogP contribution < -0.4 is 11.1 Å². The molecule has 0 spiro atoms. The van der Waals surface area contributed by atoms with Gasteiger partial charge in [-0.2, -0.15) is 0 Å². The highest BCUT2D eigenvalue weighted by atomic mass is 15.2. The van der Waals surface area contributed by atoms with Crippen molar-refractivity contribution in [2.45, 2.75) is 25.8 Å². The van der Waals surface area contributed by atoms with Gasteiger partial charge in [0.25, 0.3) is 0 Å². The monoisotopic (exact) mass is 271 g/mol. The number of fused-ring (bicyclic) bond motifs is 1. The summed E-state index contributed by atoms with van der Waals surface area (Å²) in [6.07, 6.45) is 2.62. The van der Waals surface area contributed by atoms with E-state index in [0.717, 1.165) is 17.6 Å². The van der Waals surface area contributed by atoms with Crippen molar-refractivity contribution in [3.63, 3.8) is 0 Å². The average Bonchev–Trinajstić information content (AvgIpc) is 2.99. The Labute approximate surface area is 119 Å². The normalized spacial score (nSPS) is 17.4. The molecule has 1 saturated heterocycles. The van der Waals surface area contributed by atoms with E-state index in [1.807, 2.05) is 24.3 Å². The number of nitrogen functional groups attached to an aromatic ring is 1. The quantitative estimate of drug-likeness (QED) is 0.891. The van der Waals surface area contributed by atoms with E-state index < -0.39 is 0 Å². The average molecular weight is 271 g/mol. The molecular formula is C15H21N5. The van der Waals surface area contributed by atoms with Crippen LogP contribution in [0.1, 0.15) is 19.8 Å². The second-order valence-electron chi connectivity index (χ2n) is 5.42. The van der Waals surface area contributed by atoms with E-state index in [1.165, 1.54) is 25.9 Å². The third kappa shape index (κ3) is 2.67. The molecule has 1 aromatic heterocycles. The van der Waals surface area contributed by atoms with Crippen molar-refractivity contribution in [3.05, 3.63) is 24.3 Å². The molecule has 1 unspecified atom stereocenters. The Morgan fingerprint density at radius 3 is 2.55 bits per heavy atom. The van der Waals surface area contributed by atoms with Crippen molar-refractivity contribution < 1.29 is 0 Å². The summed E-state index contributed by atoms with van der Waals surface area (Å²) < 4.78 is 0. The predicted octanol–water partition coefficient (Wildman–Crippen LogP) is 2.11. The summed E-state index contributed by atoms with van der Waals surface area (Å²) in [6, 6.07) is 8.28. The van der Waals surface area contributed by atoms with Crippen molar-refractivity contribution in [2.75, 3.05) is 30.7 Å². The van der Waals surface area contributed by atoms with Crippen molar-refractivity contribution in [1.82, 2.24) is 14.9 Å². The van der Waals surface area contributed by atoms with Gasteiger partial charge in [0.2, 0.25) is 0 Å². The number of hydrogen-bond donors (Lipinski definition) is 2. The fraction of sp³-hybridized carbons (Fsp3) is 0.467. The highest BCUT2D eigenvalue weighted by molar-refractivity contribution is 5.79. The summed E-state index contributed by atoms with van der Waals surface area (Å²) in [5.74, 6) is 1.16. The molecule has 1 aliphatic heterocycles. The molecule has 1 atom stereocenters. The highest BCUT2D eigenvalue weighted by Gasteiger charge is 2.18. The van der Waals surface area contributed by atoms with E-state index in [-0.39, 0.29) is 0 Å². The molecule has 5 nitrogen and oxygen atoms in total. The maximum Gasteiger partial charge on any atom is 0.169 e. The van der Waals surface area contributed by atoms with Crippen LogP contribution in [0.5, 0.6) is 0 Å². The number of para-hydroxylation sites is 2. The zero-order chi connectivity index (χ0) is 13.9. The SMILES string of the molecule is CC(CNc1nc2ccccc2nc1N)N1CCCC1. The topological polar surface area (TPSA) is 67.1 Å². The Kier molecular flexibility index (Phi) is 3.69. The van der Waals surface area contributed by atoms with E-state index >= 15 is 0 Å².